The number of hydrogen-bond donors (Lipinski definition) is 1. The van der Waals surface area contributed by atoms with Crippen LogP contribution in [-0.2, 0) is 0 Å². The molecule has 0 heterocycles. The van der Waals surface area contributed by atoms with Crippen LogP contribution in [-0.4, -0.2) is 13.2 Å². The van der Waals surface area contributed by atoms with Crippen LogP contribution in [0.5, 0.6) is 5.75 Å². The lowest BCUT2D eigenvalue weighted by atomic mass is 9.93. The lowest BCUT2D eigenvalue weighted by molar-refractivity contribution is 0.298. The number of nitrogens with two attached hydrogens (primary N) is 1. The zero-order valence-electron chi connectivity index (χ0n) is 13.3. The summed E-state index contributed by atoms with van der Waals surface area (Å²) in [6.45, 7) is 5.63. The Morgan fingerprint density at radius 3 is 2.23 bits per heavy atom. The molecule has 0 saturated heterocycles. The van der Waals surface area contributed by atoms with E-state index < -0.39 is 0 Å². The molecule has 2 rings (SSSR count). The van der Waals surface area contributed by atoms with Crippen molar-refractivity contribution in [3.8, 4) is 5.75 Å². The molecule has 2 nitrogen and oxygen atoms in total. The van der Waals surface area contributed by atoms with Gasteiger partial charge in [-0.25, -0.2) is 0 Å². The molecule has 118 valence electrons. The Morgan fingerprint density at radius 2 is 1.64 bits per heavy atom. The maximum atomic E-state index is 6.09. The van der Waals surface area contributed by atoms with Gasteiger partial charge in [0.1, 0.15) is 5.75 Å². The van der Waals surface area contributed by atoms with E-state index in [1.807, 2.05) is 24.3 Å². The van der Waals surface area contributed by atoms with E-state index in [1.165, 1.54) is 11.1 Å². The van der Waals surface area contributed by atoms with E-state index in [1.54, 1.807) is 0 Å². The van der Waals surface area contributed by atoms with Crippen LogP contribution in [0.4, 0.5) is 0 Å². The van der Waals surface area contributed by atoms with E-state index in [9.17, 15) is 0 Å². The highest BCUT2D eigenvalue weighted by molar-refractivity contribution is 6.32. The van der Waals surface area contributed by atoms with Crippen molar-refractivity contribution in [3.63, 3.8) is 0 Å². The van der Waals surface area contributed by atoms with Gasteiger partial charge in [0.2, 0.25) is 0 Å². The van der Waals surface area contributed by atoms with Gasteiger partial charge < -0.3 is 10.5 Å². The van der Waals surface area contributed by atoms with Crippen LogP contribution < -0.4 is 10.5 Å². The van der Waals surface area contributed by atoms with Crippen LogP contribution >= 0.6 is 11.6 Å². The third kappa shape index (κ3) is 4.49. The van der Waals surface area contributed by atoms with Gasteiger partial charge in [0.15, 0.2) is 0 Å². The average molecular weight is 318 g/mol. The van der Waals surface area contributed by atoms with Gasteiger partial charge >= 0.3 is 0 Å². The molecule has 0 bridgehead atoms. The van der Waals surface area contributed by atoms with E-state index in [0.717, 1.165) is 12.2 Å². The summed E-state index contributed by atoms with van der Waals surface area (Å²) in [5.74, 6) is 1.59. The molecule has 0 spiro atoms. The molecular weight excluding hydrogens is 294 g/mol. The molecule has 0 saturated carbocycles. The predicted molar refractivity (Wildman–Crippen MR) is 93.9 cm³/mol. The Morgan fingerprint density at radius 1 is 1.00 bits per heavy atom. The summed E-state index contributed by atoms with van der Waals surface area (Å²) in [5.41, 5.74) is 8.56. The van der Waals surface area contributed by atoms with Crippen LogP contribution in [0.1, 0.15) is 43.2 Å². The highest BCUT2D eigenvalue weighted by Gasteiger charge is 2.11. The van der Waals surface area contributed by atoms with Gasteiger partial charge in [-0.2, -0.15) is 0 Å². The summed E-state index contributed by atoms with van der Waals surface area (Å²) in [7, 11) is 0. The number of hydrogen-bond acceptors (Lipinski definition) is 2. The third-order valence-electron chi connectivity index (χ3n) is 3.92. The van der Waals surface area contributed by atoms with Crippen molar-refractivity contribution in [2.24, 2.45) is 5.73 Å². The summed E-state index contributed by atoms with van der Waals surface area (Å²) < 4.78 is 5.77. The Balaban J connectivity index is 1.93. The summed E-state index contributed by atoms with van der Waals surface area (Å²) in [4.78, 5) is 0. The molecule has 2 aromatic rings. The summed E-state index contributed by atoms with van der Waals surface area (Å²) in [6, 6.07) is 16.3. The Kier molecular flexibility index (Phi) is 6.29. The molecular formula is C19H24ClNO. The van der Waals surface area contributed by atoms with Gasteiger partial charge in [0.05, 0.1) is 11.6 Å². The van der Waals surface area contributed by atoms with Crippen LogP contribution in [0.25, 0.3) is 0 Å². The number of benzene rings is 2. The van der Waals surface area contributed by atoms with Gasteiger partial charge in [0.25, 0.3) is 0 Å². The highest BCUT2D eigenvalue weighted by atomic mass is 35.5. The smallest absolute Gasteiger partial charge is 0.137 e. The largest absolute Gasteiger partial charge is 0.492 e. The van der Waals surface area contributed by atoms with Crippen molar-refractivity contribution < 1.29 is 4.74 Å². The van der Waals surface area contributed by atoms with Crippen molar-refractivity contribution in [1.82, 2.24) is 0 Å². The fourth-order valence-corrected chi connectivity index (χ4v) is 2.64. The first-order valence-corrected chi connectivity index (χ1v) is 8.17. The van der Waals surface area contributed by atoms with Crippen LogP contribution in [0.15, 0.2) is 48.5 Å². The minimum atomic E-state index is 0.309. The molecule has 0 radical (unpaired) electrons. The third-order valence-corrected chi connectivity index (χ3v) is 4.23. The molecule has 1 atom stereocenters. The van der Waals surface area contributed by atoms with Gasteiger partial charge in [0, 0.05) is 0 Å². The minimum absolute atomic E-state index is 0.309. The van der Waals surface area contributed by atoms with Crippen LogP contribution in [0.3, 0.4) is 0 Å². The van der Waals surface area contributed by atoms with Crippen molar-refractivity contribution in [2.45, 2.75) is 32.1 Å². The zero-order valence-corrected chi connectivity index (χ0v) is 14.0. The molecule has 0 aliphatic heterocycles. The van der Waals surface area contributed by atoms with Gasteiger partial charge in [-0.3, -0.25) is 0 Å². The summed E-state index contributed by atoms with van der Waals surface area (Å²) in [5, 5.41) is 0.646. The molecule has 0 aliphatic carbocycles. The maximum Gasteiger partial charge on any atom is 0.137 e. The van der Waals surface area contributed by atoms with E-state index in [0.29, 0.717) is 30.0 Å². The molecule has 0 aromatic heterocycles. The second kappa shape index (κ2) is 8.21. The summed E-state index contributed by atoms with van der Waals surface area (Å²) in [6.07, 6.45) is 0.878. The summed E-state index contributed by atoms with van der Waals surface area (Å²) >= 11 is 6.09. The van der Waals surface area contributed by atoms with Gasteiger partial charge in [-0.1, -0.05) is 61.8 Å². The van der Waals surface area contributed by atoms with E-state index >= 15 is 0 Å². The topological polar surface area (TPSA) is 35.2 Å². The Bertz CT molecular complexity index is 580. The average Bonchev–Trinajstić information content (AvgIpc) is 2.53. The highest BCUT2D eigenvalue weighted by Crippen LogP contribution is 2.25. The number of ether oxygens (including phenoxy) is 1. The van der Waals surface area contributed by atoms with Crippen molar-refractivity contribution in [3.05, 3.63) is 64.7 Å². The Labute approximate surface area is 138 Å². The lowest BCUT2D eigenvalue weighted by Gasteiger charge is -2.17. The number of rotatable bonds is 7. The van der Waals surface area contributed by atoms with E-state index in [4.69, 9.17) is 22.1 Å². The predicted octanol–water partition coefficient (Wildman–Crippen LogP) is 4.97. The standard InChI is InChI=1S/C19H24ClNO/c1-14(2)15-7-9-16(10-8-15)17(13-21)11-12-22-19-6-4-3-5-18(19)20/h3-10,14,17H,11-13,21H2,1-2H3. The monoisotopic (exact) mass is 317 g/mol. The molecule has 2 aromatic carbocycles. The molecule has 0 aliphatic rings. The van der Waals surface area contributed by atoms with Crippen molar-refractivity contribution in [2.75, 3.05) is 13.2 Å². The molecule has 0 fully saturated rings. The normalized spacial score (nSPS) is 12.4. The van der Waals surface area contributed by atoms with Crippen molar-refractivity contribution in [1.29, 1.82) is 0 Å². The minimum Gasteiger partial charge on any atom is -0.492 e. The number of halogens is 1. The quantitative estimate of drug-likeness (QED) is 0.782. The van der Waals surface area contributed by atoms with Crippen LogP contribution in [0, 0.1) is 0 Å². The van der Waals surface area contributed by atoms with Crippen LogP contribution in [0.2, 0.25) is 5.02 Å². The molecule has 3 heteroatoms. The van der Waals surface area contributed by atoms with E-state index in [2.05, 4.69) is 38.1 Å². The zero-order chi connectivity index (χ0) is 15.9. The second-order valence-electron chi connectivity index (χ2n) is 5.82. The van der Waals surface area contributed by atoms with Crippen molar-refractivity contribution >= 4 is 11.6 Å². The second-order valence-corrected chi connectivity index (χ2v) is 6.23. The molecule has 1 unspecified atom stereocenters. The lowest BCUT2D eigenvalue weighted by Crippen LogP contribution is -2.15. The molecule has 0 amide bonds. The van der Waals surface area contributed by atoms with Gasteiger partial charge in [-0.05, 0) is 48.1 Å². The maximum absolute atomic E-state index is 6.09. The first-order chi connectivity index (χ1) is 10.6. The first-order valence-electron chi connectivity index (χ1n) is 7.79. The SMILES string of the molecule is CC(C)c1ccc(C(CN)CCOc2ccccc2Cl)cc1. The van der Waals surface area contributed by atoms with Gasteiger partial charge in [-0.15, -0.1) is 0 Å². The molecule has 2 N–H and O–H groups in total. The first kappa shape index (κ1) is 16.9. The Hall–Kier alpha value is -1.51. The fraction of sp³-hybridized carbons (Fsp3) is 0.368. The number of para-hydroxylation sites is 1. The van der Waals surface area contributed by atoms with E-state index in [-0.39, 0.29) is 0 Å². The fourth-order valence-electron chi connectivity index (χ4n) is 2.45. The molecule has 22 heavy (non-hydrogen) atoms.